The van der Waals surface area contributed by atoms with Crippen molar-refractivity contribution in [2.24, 2.45) is 5.92 Å². The van der Waals surface area contributed by atoms with Crippen LogP contribution in [-0.4, -0.2) is 16.9 Å². The molecule has 0 bridgehead atoms. The van der Waals surface area contributed by atoms with Gasteiger partial charge in [-0.25, -0.2) is 4.63 Å². The minimum absolute atomic E-state index is 0.456. The average Bonchev–Trinajstić information content (AvgIpc) is 2.66. The van der Waals surface area contributed by atoms with Crippen LogP contribution >= 0.6 is 0 Å². The van der Waals surface area contributed by atoms with Crippen molar-refractivity contribution in [1.29, 1.82) is 0 Å². The second-order valence-corrected chi connectivity index (χ2v) is 3.82. The van der Waals surface area contributed by atoms with E-state index in [0.717, 1.165) is 0 Å². The molecular formula is C10H13N3O2. The predicted octanol–water partition coefficient (Wildman–Crippen LogP) is 1.84. The second kappa shape index (κ2) is 3.76. The van der Waals surface area contributed by atoms with Gasteiger partial charge in [-0.3, -0.25) is 0 Å². The first-order valence-electron chi connectivity index (χ1n) is 4.82. The number of aromatic nitrogens is 2. The highest BCUT2D eigenvalue weighted by Crippen LogP contribution is 2.27. The summed E-state index contributed by atoms with van der Waals surface area (Å²) in [6.07, 6.45) is 0. The summed E-state index contributed by atoms with van der Waals surface area (Å²) < 4.78 is 10.2. The van der Waals surface area contributed by atoms with Crippen LogP contribution in [0, 0.1) is 5.92 Å². The summed E-state index contributed by atoms with van der Waals surface area (Å²) in [5.41, 5.74) is 7.38. The molecule has 1 heterocycles. The molecule has 0 aliphatic rings. The van der Waals surface area contributed by atoms with Crippen LogP contribution in [-0.2, 0) is 0 Å². The molecule has 2 N–H and O–H groups in total. The van der Waals surface area contributed by atoms with E-state index in [1.165, 1.54) is 0 Å². The minimum Gasteiger partial charge on any atom is -0.491 e. The Labute approximate surface area is 87.2 Å². The van der Waals surface area contributed by atoms with Crippen LogP contribution in [0.25, 0.3) is 11.0 Å². The second-order valence-electron chi connectivity index (χ2n) is 3.82. The van der Waals surface area contributed by atoms with E-state index in [-0.39, 0.29) is 0 Å². The number of nitrogen functional groups attached to an aromatic ring is 1. The number of benzene rings is 1. The lowest BCUT2D eigenvalue weighted by Gasteiger charge is -2.08. The number of ether oxygens (including phenoxy) is 1. The van der Waals surface area contributed by atoms with Gasteiger partial charge < -0.3 is 10.5 Å². The van der Waals surface area contributed by atoms with Crippen molar-refractivity contribution < 1.29 is 9.37 Å². The van der Waals surface area contributed by atoms with Crippen molar-refractivity contribution in [1.82, 2.24) is 10.3 Å². The van der Waals surface area contributed by atoms with Crippen LogP contribution in [0.4, 0.5) is 5.69 Å². The van der Waals surface area contributed by atoms with E-state index in [9.17, 15) is 0 Å². The van der Waals surface area contributed by atoms with Crippen LogP contribution in [0.2, 0.25) is 0 Å². The lowest BCUT2D eigenvalue weighted by Crippen LogP contribution is -2.05. The maximum Gasteiger partial charge on any atom is 0.179 e. The Hall–Kier alpha value is -1.78. The quantitative estimate of drug-likeness (QED) is 0.777. The summed E-state index contributed by atoms with van der Waals surface area (Å²) in [4.78, 5) is 0. The van der Waals surface area contributed by atoms with E-state index in [1.807, 2.05) is 0 Å². The number of hydrogen-bond donors (Lipinski definition) is 1. The molecule has 0 unspecified atom stereocenters. The Bertz CT molecular complexity index is 465. The number of hydrogen-bond acceptors (Lipinski definition) is 5. The van der Waals surface area contributed by atoms with Crippen molar-refractivity contribution in [3.8, 4) is 5.75 Å². The molecule has 2 aromatic rings. The molecule has 5 nitrogen and oxygen atoms in total. The molecule has 0 atom stereocenters. The molecule has 2 rings (SSSR count). The van der Waals surface area contributed by atoms with E-state index >= 15 is 0 Å². The van der Waals surface area contributed by atoms with Gasteiger partial charge in [-0.05, 0) is 28.4 Å². The van der Waals surface area contributed by atoms with Gasteiger partial charge >= 0.3 is 0 Å². The van der Waals surface area contributed by atoms with Crippen LogP contribution in [0.15, 0.2) is 16.8 Å². The summed E-state index contributed by atoms with van der Waals surface area (Å²) >= 11 is 0. The maximum atomic E-state index is 5.71. The molecule has 0 aliphatic carbocycles. The Kier molecular flexibility index (Phi) is 2.45. The molecule has 0 radical (unpaired) electrons. The molecular weight excluding hydrogens is 194 g/mol. The van der Waals surface area contributed by atoms with Gasteiger partial charge in [-0.1, -0.05) is 13.8 Å². The first kappa shape index (κ1) is 9.76. The summed E-state index contributed by atoms with van der Waals surface area (Å²) in [5.74, 6) is 1.12. The molecule has 0 aliphatic heterocycles. The van der Waals surface area contributed by atoms with Crippen molar-refractivity contribution in [2.75, 3.05) is 12.3 Å². The van der Waals surface area contributed by atoms with Crippen LogP contribution in [0.1, 0.15) is 13.8 Å². The fraction of sp³-hybridized carbons (Fsp3) is 0.400. The first-order chi connectivity index (χ1) is 7.18. The first-order valence-corrected chi connectivity index (χ1v) is 4.82. The van der Waals surface area contributed by atoms with Gasteiger partial charge in [0.1, 0.15) is 0 Å². The van der Waals surface area contributed by atoms with E-state index in [0.29, 0.717) is 35.0 Å². The zero-order valence-electron chi connectivity index (χ0n) is 8.73. The van der Waals surface area contributed by atoms with E-state index in [4.69, 9.17) is 10.5 Å². The highest BCUT2D eigenvalue weighted by molar-refractivity contribution is 5.90. The number of fused-ring (bicyclic) bond motifs is 1. The van der Waals surface area contributed by atoms with Gasteiger partial charge in [-0.2, -0.15) is 0 Å². The van der Waals surface area contributed by atoms with E-state index < -0.39 is 0 Å². The molecule has 80 valence electrons. The van der Waals surface area contributed by atoms with Crippen molar-refractivity contribution in [2.45, 2.75) is 13.8 Å². The monoisotopic (exact) mass is 207 g/mol. The molecule has 0 amide bonds. The highest BCUT2D eigenvalue weighted by Gasteiger charge is 2.11. The molecule has 1 aromatic carbocycles. The van der Waals surface area contributed by atoms with Crippen LogP contribution in [0.5, 0.6) is 5.75 Å². The zero-order valence-corrected chi connectivity index (χ0v) is 8.73. The number of anilines is 1. The van der Waals surface area contributed by atoms with Crippen molar-refractivity contribution in [3.05, 3.63) is 12.1 Å². The zero-order chi connectivity index (χ0) is 10.8. The third-order valence-corrected chi connectivity index (χ3v) is 1.98. The van der Waals surface area contributed by atoms with Crippen molar-refractivity contribution in [3.63, 3.8) is 0 Å². The van der Waals surface area contributed by atoms with Gasteiger partial charge in [0.05, 0.1) is 12.3 Å². The van der Waals surface area contributed by atoms with Crippen molar-refractivity contribution >= 4 is 16.7 Å². The Morgan fingerprint density at radius 2 is 2.07 bits per heavy atom. The van der Waals surface area contributed by atoms with Crippen LogP contribution < -0.4 is 10.5 Å². The Morgan fingerprint density at radius 3 is 2.80 bits per heavy atom. The van der Waals surface area contributed by atoms with Gasteiger partial charge in [0.2, 0.25) is 0 Å². The highest BCUT2D eigenvalue weighted by atomic mass is 16.6. The number of rotatable bonds is 3. The minimum atomic E-state index is 0.456. The van der Waals surface area contributed by atoms with Gasteiger partial charge in [-0.15, -0.1) is 0 Å². The maximum absolute atomic E-state index is 5.71. The normalized spacial score (nSPS) is 11.1. The number of nitrogens with two attached hydrogens (primary N) is 1. The lowest BCUT2D eigenvalue weighted by atomic mass is 10.2. The predicted molar refractivity (Wildman–Crippen MR) is 56.5 cm³/mol. The number of nitrogens with zero attached hydrogens (tertiary/aromatic N) is 2. The summed E-state index contributed by atoms with van der Waals surface area (Å²) in [5, 5.41) is 7.48. The van der Waals surface area contributed by atoms with Gasteiger partial charge in [0.25, 0.3) is 0 Å². The smallest absolute Gasteiger partial charge is 0.179 e. The molecule has 0 spiro atoms. The SMILES string of the molecule is CC(C)COc1ccc(N)c2nonc12. The van der Waals surface area contributed by atoms with E-state index in [2.05, 4.69) is 28.8 Å². The molecule has 0 saturated carbocycles. The fourth-order valence-corrected chi connectivity index (χ4v) is 1.24. The standard InChI is InChI=1S/C10H13N3O2/c1-6(2)5-14-8-4-3-7(11)9-10(8)13-15-12-9/h3-4,6H,5,11H2,1-2H3. The third-order valence-electron chi connectivity index (χ3n) is 1.98. The summed E-state index contributed by atoms with van der Waals surface area (Å²) in [6, 6.07) is 3.52. The van der Waals surface area contributed by atoms with Gasteiger partial charge in [0, 0.05) is 0 Å². The summed E-state index contributed by atoms with van der Waals surface area (Å²) in [7, 11) is 0. The van der Waals surface area contributed by atoms with E-state index in [1.54, 1.807) is 12.1 Å². The molecule has 0 saturated heterocycles. The molecule has 0 fully saturated rings. The Morgan fingerprint density at radius 1 is 1.33 bits per heavy atom. The summed E-state index contributed by atoms with van der Waals surface area (Å²) in [6.45, 7) is 4.79. The lowest BCUT2D eigenvalue weighted by molar-refractivity contribution is 0.270. The fourth-order valence-electron chi connectivity index (χ4n) is 1.24. The molecule has 5 heteroatoms. The van der Waals surface area contributed by atoms with Gasteiger partial charge in [0.15, 0.2) is 16.8 Å². The Balaban J connectivity index is 2.35. The largest absolute Gasteiger partial charge is 0.491 e. The topological polar surface area (TPSA) is 74.2 Å². The van der Waals surface area contributed by atoms with Crippen LogP contribution in [0.3, 0.4) is 0 Å². The third kappa shape index (κ3) is 1.86. The average molecular weight is 207 g/mol. The molecule has 1 aromatic heterocycles. The molecule has 15 heavy (non-hydrogen) atoms.